The molecule has 1 amide bonds. The van der Waals surface area contributed by atoms with Gasteiger partial charge in [0.2, 0.25) is 5.91 Å². The van der Waals surface area contributed by atoms with Gasteiger partial charge in [-0.2, -0.15) is 0 Å². The van der Waals surface area contributed by atoms with Gasteiger partial charge in [0.25, 0.3) is 0 Å². The lowest BCUT2D eigenvalue weighted by Gasteiger charge is -2.06. The van der Waals surface area contributed by atoms with Crippen LogP contribution < -0.4 is 5.32 Å². The topological polar surface area (TPSA) is 83.8 Å². The van der Waals surface area contributed by atoms with Crippen molar-refractivity contribution in [1.82, 2.24) is 20.4 Å². The van der Waals surface area contributed by atoms with Crippen LogP contribution in [0.15, 0.2) is 41.3 Å². The zero-order valence-electron chi connectivity index (χ0n) is 13.8. The van der Waals surface area contributed by atoms with Crippen LogP contribution in [0.1, 0.15) is 29.0 Å². The van der Waals surface area contributed by atoms with E-state index in [4.69, 9.17) is 4.52 Å². The number of nitrogens with one attached hydrogen (secondary N) is 2. The number of rotatable bonds is 6. The van der Waals surface area contributed by atoms with Gasteiger partial charge < -0.3 is 14.8 Å². The fourth-order valence-electron chi connectivity index (χ4n) is 2.60. The first-order chi connectivity index (χ1) is 11.6. The molecule has 0 radical (unpaired) electrons. The summed E-state index contributed by atoms with van der Waals surface area (Å²) < 4.78 is 5.11. The van der Waals surface area contributed by atoms with Gasteiger partial charge in [-0.3, -0.25) is 4.79 Å². The molecule has 2 aromatic heterocycles. The van der Waals surface area contributed by atoms with E-state index in [1.807, 2.05) is 38.1 Å². The molecule has 0 atom stereocenters. The van der Waals surface area contributed by atoms with Gasteiger partial charge in [-0.25, -0.2) is 4.98 Å². The number of hydrogen-bond donors (Lipinski definition) is 2. The van der Waals surface area contributed by atoms with Gasteiger partial charge in [0.1, 0.15) is 5.76 Å². The third kappa shape index (κ3) is 3.71. The summed E-state index contributed by atoms with van der Waals surface area (Å²) in [7, 11) is 0. The number of amides is 1. The van der Waals surface area contributed by atoms with Crippen molar-refractivity contribution >= 4 is 5.91 Å². The first-order valence-corrected chi connectivity index (χ1v) is 7.89. The molecule has 0 bridgehead atoms. The van der Waals surface area contributed by atoms with Gasteiger partial charge in [-0.15, -0.1) is 0 Å². The summed E-state index contributed by atoms with van der Waals surface area (Å²) in [6.07, 6.45) is 4.51. The SMILES string of the molecule is Cc1noc(C)c1CCC(=O)NCc1ccc(-c2cnc[nH]2)cc1. The summed E-state index contributed by atoms with van der Waals surface area (Å²) >= 11 is 0. The van der Waals surface area contributed by atoms with Crippen LogP contribution in [0.4, 0.5) is 0 Å². The summed E-state index contributed by atoms with van der Waals surface area (Å²) in [5, 5.41) is 6.85. The number of carbonyl (C=O) groups is 1. The van der Waals surface area contributed by atoms with Gasteiger partial charge in [0.05, 0.1) is 23.9 Å². The predicted molar refractivity (Wildman–Crippen MR) is 90.2 cm³/mol. The first kappa shape index (κ1) is 16.0. The normalized spacial score (nSPS) is 10.8. The number of H-pyrrole nitrogens is 1. The number of imidazole rings is 1. The highest BCUT2D eigenvalue weighted by Gasteiger charge is 2.11. The van der Waals surface area contributed by atoms with Crippen molar-refractivity contribution in [2.24, 2.45) is 0 Å². The van der Waals surface area contributed by atoms with Gasteiger partial charge >= 0.3 is 0 Å². The minimum Gasteiger partial charge on any atom is -0.361 e. The average molecular weight is 324 g/mol. The van der Waals surface area contributed by atoms with Gasteiger partial charge in [0.15, 0.2) is 0 Å². The number of aryl methyl sites for hydroxylation is 2. The van der Waals surface area contributed by atoms with E-state index in [0.29, 0.717) is 19.4 Å². The monoisotopic (exact) mass is 324 g/mol. The minimum absolute atomic E-state index is 0.0210. The highest BCUT2D eigenvalue weighted by molar-refractivity contribution is 5.76. The van der Waals surface area contributed by atoms with Crippen LogP contribution >= 0.6 is 0 Å². The van der Waals surface area contributed by atoms with Crippen molar-refractivity contribution in [2.75, 3.05) is 0 Å². The van der Waals surface area contributed by atoms with Crippen molar-refractivity contribution in [2.45, 2.75) is 33.2 Å². The highest BCUT2D eigenvalue weighted by atomic mass is 16.5. The molecule has 0 saturated carbocycles. The first-order valence-electron chi connectivity index (χ1n) is 7.89. The molecule has 0 spiro atoms. The van der Waals surface area contributed by atoms with Crippen LogP contribution in [0, 0.1) is 13.8 Å². The highest BCUT2D eigenvalue weighted by Crippen LogP contribution is 2.17. The number of benzene rings is 1. The summed E-state index contributed by atoms with van der Waals surface area (Å²) in [5.74, 6) is 0.808. The lowest BCUT2D eigenvalue weighted by atomic mass is 10.1. The number of hydrogen-bond acceptors (Lipinski definition) is 4. The number of carbonyl (C=O) groups excluding carboxylic acids is 1. The molecule has 24 heavy (non-hydrogen) atoms. The molecule has 0 aliphatic rings. The predicted octanol–water partition coefficient (Wildman–Crippen LogP) is 2.93. The maximum atomic E-state index is 12.0. The molecular weight excluding hydrogens is 304 g/mol. The summed E-state index contributed by atoms with van der Waals surface area (Å²) in [6, 6.07) is 8.03. The van der Waals surface area contributed by atoms with Crippen molar-refractivity contribution in [3.05, 3.63) is 59.4 Å². The molecule has 6 heteroatoms. The van der Waals surface area contributed by atoms with Gasteiger partial charge in [0, 0.05) is 18.5 Å². The largest absolute Gasteiger partial charge is 0.361 e. The number of aromatic nitrogens is 3. The van der Waals surface area contributed by atoms with Crippen molar-refractivity contribution < 1.29 is 9.32 Å². The fraction of sp³-hybridized carbons (Fsp3) is 0.278. The van der Waals surface area contributed by atoms with E-state index in [2.05, 4.69) is 20.4 Å². The van der Waals surface area contributed by atoms with Crippen LogP contribution in [-0.2, 0) is 17.8 Å². The molecule has 3 aromatic rings. The Kier molecular flexibility index (Phi) is 4.74. The average Bonchev–Trinajstić information content (AvgIpc) is 3.23. The lowest BCUT2D eigenvalue weighted by Crippen LogP contribution is -2.23. The van der Waals surface area contributed by atoms with E-state index in [1.54, 1.807) is 12.5 Å². The van der Waals surface area contributed by atoms with Crippen LogP contribution in [0.25, 0.3) is 11.3 Å². The third-order valence-corrected chi connectivity index (χ3v) is 4.04. The Hall–Kier alpha value is -2.89. The summed E-state index contributed by atoms with van der Waals surface area (Å²) in [4.78, 5) is 19.1. The van der Waals surface area contributed by atoms with Gasteiger partial charge in [-0.1, -0.05) is 29.4 Å². The minimum atomic E-state index is 0.0210. The zero-order valence-corrected chi connectivity index (χ0v) is 13.8. The molecule has 0 aliphatic heterocycles. The summed E-state index contributed by atoms with van der Waals surface area (Å²) in [6.45, 7) is 4.28. The van der Waals surface area contributed by atoms with Crippen molar-refractivity contribution in [3.8, 4) is 11.3 Å². The standard InChI is InChI=1S/C18H20N4O2/c1-12-16(13(2)24-22-12)7-8-18(23)20-9-14-3-5-15(6-4-14)17-10-19-11-21-17/h3-6,10-11H,7-9H2,1-2H3,(H,19,21)(H,20,23). The second kappa shape index (κ2) is 7.12. The van der Waals surface area contributed by atoms with Crippen LogP contribution in [0.2, 0.25) is 0 Å². The zero-order chi connectivity index (χ0) is 16.9. The van der Waals surface area contributed by atoms with Crippen molar-refractivity contribution in [3.63, 3.8) is 0 Å². The molecule has 3 rings (SSSR count). The number of nitrogens with zero attached hydrogens (tertiary/aromatic N) is 2. The van der Waals surface area contributed by atoms with Crippen LogP contribution in [-0.4, -0.2) is 21.0 Å². The Morgan fingerprint density at radius 2 is 2.04 bits per heavy atom. The molecule has 6 nitrogen and oxygen atoms in total. The van der Waals surface area contributed by atoms with E-state index >= 15 is 0 Å². The molecule has 0 unspecified atom stereocenters. The lowest BCUT2D eigenvalue weighted by molar-refractivity contribution is -0.121. The molecule has 2 heterocycles. The second-order valence-electron chi connectivity index (χ2n) is 5.74. The number of aromatic amines is 1. The summed E-state index contributed by atoms with van der Waals surface area (Å²) in [5.41, 5.74) is 4.98. The van der Waals surface area contributed by atoms with E-state index in [9.17, 15) is 4.79 Å². The van der Waals surface area contributed by atoms with Crippen molar-refractivity contribution in [1.29, 1.82) is 0 Å². The van der Waals surface area contributed by atoms with E-state index in [0.717, 1.165) is 33.8 Å². The van der Waals surface area contributed by atoms with E-state index in [1.165, 1.54) is 0 Å². The molecule has 0 aliphatic carbocycles. The van der Waals surface area contributed by atoms with E-state index in [-0.39, 0.29) is 5.91 Å². The Labute approximate surface area is 140 Å². The molecule has 2 N–H and O–H groups in total. The van der Waals surface area contributed by atoms with Crippen LogP contribution in [0.5, 0.6) is 0 Å². The Balaban J connectivity index is 1.49. The maximum Gasteiger partial charge on any atom is 0.220 e. The molecule has 1 aromatic carbocycles. The molecule has 124 valence electrons. The molecular formula is C18H20N4O2. The second-order valence-corrected chi connectivity index (χ2v) is 5.74. The Morgan fingerprint density at radius 1 is 1.25 bits per heavy atom. The maximum absolute atomic E-state index is 12.0. The van der Waals surface area contributed by atoms with E-state index < -0.39 is 0 Å². The third-order valence-electron chi connectivity index (χ3n) is 4.04. The fourth-order valence-corrected chi connectivity index (χ4v) is 2.60. The Bertz CT molecular complexity index is 785. The quantitative estimate of drug-likeness (QED) is 0.730. The Morgan fingerprint density at radius 3 is 2.67 bits per heavy atom. The van der Waals surface area contributed by atoms with Gasteiger partial charge in [-0.05, 0) is 31.4 Å². The smallest absolute Gasteiger partial charge is 0.220 e. The molecule has 0 fully saturated rings. The van der Waals surface area contributed by atoms with Crippen LogP contribution in [0.3, 0.4) is 0 Å². The molecule has 0 saturated heterocycles.